The Bertz CT molecular complexity index is 2600. The van der Waals surface area contributed by atoms with Gasteiger partial charge in [-0.25, -0.2) is 4.79 Å². The third kappa shape index (κ3) is 25.0. The number of carbonyl (C=O) groups is 9. The Balaban J connectivity index is 1.33. The number of carboxylic acid groups (broad SMARTS) is 1. The average molecular weight is 1230 g/mol. The topological polar surface area (TPSA) is 314 Å². The Labute approximate surface area is 509 Å². The summed E-state index contributed by atoms with van der Waals surface area (Å²) in [5.74, 6) is -6.24. The summed E-state index contributed by atoms with van der Waals surface area (Å²) >= 11 is 6.38. The number of nitrogens with zero attached hydrogens (tertiary/aromatic N) is 1. The van der Waals surface area contributed by atoms with E-state index in [0.717, 1.165) is 11.1 Å². The number of ether oxygens (including phenoxy) is 8. The molecule has 478 valence electrons. The zero-order valence-electron chi connectivity index (χ0n) is 51.2. The van der Waals surface area contributed by atoms with Crippen LogP contribution in [0.2, 0.25) is 5.02 Å². The molecule has 0 aromatic heterocycles. The molecule has 2 aromatic rings. The molecule has 2 heterocycles. The van der Waals surface area contributed by atoms with Crippen LogP contribution in [0.3, 0.4) is 0 Å². The molecule has 2 aliphatic heterocycles. The van der Waals surface area contributed by atoms with Gasteiger partial charge in [0, 0.05) is 58.5 Å². The van der Waals surface area contributed by atoms with Crippen molar-refractivity contribution in [1.82, 2.24) is 31.5 Å². The molecule has 8 atom stereocenters. The Hall–Kier alpha value is -6.70. The number of esters is 2. The number of hydrogen-bond acceptors (Lipinski definition) is 17. The largest absolute Gasteiger partial charge is 0.495 e. The van der Waals surface area contributed by atoms with Crippen LogP contribution in [0.25, 0.3) is 0 Å². The number of carbonyl (C=O) groups excluding carboxylic acids is 8. The minimum absolute atomic E-state index is 0.0501. The van der Waals surface area contributed by atoms with Crippen LogP contribution in [0.4, 0.5) is 0 Å². The van der Waals surface area contributed by atoms with Gasteiger partial charge in [-0.15, -0.1) is 0 Å². The van der Waals surface area contributed by atoms with Gasteiger partial charge in [-0.2, -0.15) is 0 Å². The SMILES string of the molecule is COCCOCCOCCOCCC(=O)N(CCC(=O)O)CCC(=O)N[C@H](C(=O)N[C@@H](C)C(=O)NCc1ccc([C@H]2O[C@@H]2[C@@H](C)[C@@H]2C/C=C/C(=O)N[C@@H](Cc3ccc(OC)c(Cl)c3)C(=O)NCC(C)(C)C(=O)O[C@@H](CC(C)C)C(=O)O2)cc1)C(C)C. The minimum Gasteiger partial charge on any atom is -0.495 e. The van der Waals surface area contributed by atoms with Gasteiger partial charge in [0.25, 0.3) is 0 Å². The van der Waals surface area contributed by atoms with E-state index in [9.17, 15) is 48.3 Å². The molecular weight excluding hydrogens is 1140 g/mol. The maximum Gasteiger partial charge on any atom is 0.347 e. The molecule has 24 nitrogen and oxygen atoms in total. The zero-order chi connectivity index (χ0) is 63.5. The van der Waals surface area contributed by atoms with E-state index in [4.69, 9.17) is 49.5 Å². The highest BCUT2D eigenvalue weighted by molar-refractivity contribution is 6.32. The van der Waals surface area contributed by atoms with Crippen LogP contribution in [0.5, 0.6) is 5.75 Å². The van der Waals surface area contributed by atoms with Gasteiger partial charge < -0.3 is 74.5 Å². The molecule has 25 heteroatoms. The van der Waals surface area contributed by atoms with Crippen molar-refractivity contribution in [2.45, 2.75) is 143 Å². The summed E-state index contributed by atoms with van der Waals surface area (Å²) in [6.45, 7) is 15.7. The first-order valence-electron chi connectivity index (χ1n) is 29.2. The summed E-state index contributed by atoms with van der Waals surface area (Å²) in [5, 5.41) is 23.3. The van der Waals surface area contributed by atoms with E-state index in [1.54, 1.807) is 59.1 Å². The first-order chi connectivity index (χ1) is 40.8. The predicted molar refractivity (Wildman–Crippen MR) is 315 cm³/mol. The quantitative estimate of drug-likeness (QED) is 0.0332. The summed E-state index contributed by atoms with van der Waals surface area (Å²) in [4.78, 5) is 120. The highest BCUT2D eigenvalue weighted by atomic mass is 35.5. The van der Waals surface area contributed by atoms with Gasteiger partial charge in [0.05, 0.1) is 82.7 Å². The van der Waals surface area contributed by atoms with Gasteiger partial charge in [-0.05, 0) is 73.9 Å². The van der Waals surface area contributed by atoms with E-state index in [2.05, 4.69) is 26.6 Å². The summed E-state index contributed by atoms with van der Waals surface area (Å²) < 4.78 is 44.6. The molecule has 0 unspecified atom stereocenters. The van der Waals surface area contributed by atoms with Crippen LogP contribution in [0.15, 0.2) is 54.6 Å². The number of methoxy groups -OCH3 is 2. The molecule has 6 N–H and O–H groups in total. The zero-order valence-corrected chi connectivity index (χ0v) is 52.0. The second-order valence-electron chi connectivity index (χ2n) is 22.7. The average Bonchev–Trinajstić information content (AvgIpc) is 2.72. The molecule has 2 aromatic carbocycles. The number of hydrogen-bond donors (Lipinski definition) is 6. The van der Waals surface area contributed by atoms with Gasteiger partial charge in [0.1, 0.15) is 36.1 Å². The van der Waals surface area contributed by atoms with Crippen LogP contribution in [-0.4, -0.2) is 180 Å². The first kappa shape index (κ1) is 71.8. The molecule has 0 spiro atoms. The van der Waals surface area contributed by atoms with Gasteiger partial charge in [-0.3, -0.25) is 38.4 Å². The summed E-state index contributed by atoms with van der Waals surface area (Å²) in [6, 6.07) is 9.25. The second kappa shape index (κ2) is 36.4. The number of carboxylic acids is 1. The molecule has 6 amide bonds. The van der Waals surface area contributed by atoms with Crippen molar-refractivity contribution in [2.24, 2.45) is 23.2 Å². The minimum atomic E-state index is -1.29. The highest BCUT2D eigenvalue weighted by Gasteiger charge is 2.48. The van der Waals surface area contributed by atoms with E-state index in [0.29, 0.717) is 42.8 Å². The fraction of sp³-hybridized carbons (Fsp3) is 0.623. The Morgan fingerprint density at radius 1 is 0.802 bits per heavy atom. The standard InChI is InChI=1S/C61H89ClN6O18/c1-37(2)32-48-59(77)84-46(12-11-13-49(69)66-45(34-42-16-19-47(80-10)44(62)33-42)57(75)64-36-61(7,8)60(78)85-48)39(5)54-55(86-54)43-17-14-41(15-18-43)35-63-56(74)40(6)65-58(76)53(38(3)4)67-50(70)20-23-68(24-21-52(72)73)51(71)22-25-81-28-29-83-31-30-82-27-26-79-9/h11,13-19,33,37-40,45-46,48,53-55H,12,20-32,34-36H2,1-10H3,(H,63,74)(H,64,75)(H,65,76)(H,66,69)(H,67,70)(H,72,73)/b13-11+/t39-,40-,45-,46-,48-,53-,54+,55+/m0/s1. The highest BCUT2D eigenvalue weighted by Crippen LogP contribution is 2.45. The first-order valence-corrected chi connectivity index (χ1v) is 29.5. The number of cyclic esters (lactones) is 2. The van der Waals surface area contributed by atoms with Crippen molar-refractivity contribution >= 4 is 65.0 Å². The predicted octanol–water partition coefficient (Wildman–Crippen LogP) is 4.17. The number of epoxide rings is 1. The summed E-state index contributed by atoms with van der Waals surface area (Å²) in [5.41, 5.74) is 0.897. The Kier molecular flexibility index (Phi) is 30.4. The molecule has 0 aliphatic carbocycles. The number of benzene rings is 2. The molecule has 2 aliphatic rings. The van der Waals surface area contributed by atoms with Crippen LogP contribution < -0.4 is 31.3 Å². The lowest BCUT2D eigenvalue weighted by Gasteiger charge is -2.29. The molecule has 1 fully saturated rings. The van der Waals surface area contributed by atoms with Gasteiger partial charge in [-0.1, -0.05) is 82.6 Å². The lowest BCUT2D eigenvalue weighted by Crippen LogP contribution is -2.54. The number of rotatable bonds is 33. The van der Waals surface area contributed by atoms with Gasteiger partial charge in [0.15, 0.2) is 6.10 Å². The van der Waals surface area contributed by atoms with Crippen molar-refractivity contribution in [3.8, 4) is 5.75 Å². The van der Waals surface area contributed by atoms with Crippen molar-refractivity contribution in [2.75, 3.05) is 80.1 Å². The van der Waals surface area contributed by atoms with E-state index in [-0.39, 0.29) is 90.4 Å². The smallest absolute Gasteiger partial charge is 0.347 e. The van der Waals surface area contributed by atoms with Crippen LogP contribution in [0.1, 0.15) is 110 Å². The van der Waals surface area contributed by atoms with Gasteiger partial charge >= 0.3 is 17.9 Å². The normalized spacial score (nSPS) is 20.5. The van der Waals surface area contributed by atoms with Crippen molar-refractivity contribution in [1.29, 1.82) is 0 Å². The lowest BCUT2D eigenvalue weighted by atomic mass is 9.92. The third-order valence-electron chi connectivity index (χ3n) is 14.3. The Morgan fingerprint density at radius 3 is 2.06 bits per heavy atom. The molecule has 0 bridgehead atoms. The maximum atomic E-state index is 14.0. The van der Waals surface area contributed by atoms with E-state index < -0.39 is 113 Å². The lowest BCUT2D eigenvalue weighted by molar-refractivity contribution is -0.179. The number of nitrogens with one attached hydrogen (secondary N) is 5. The van der Waals surface area contributed by atoms with E-state index in [1.807, 2.05) is 45.0 Å². The monoisotopic (exact) mass is 1230 g/mol. The third-order valence-corrected chi connectivity index (χ3v) is 14.6. The number of aliphatic carboxylic acids is 1. The van der Waals surface area contributed by atoms with Crippen molar-refractivity contribution in [3.05, 3.63) is 76.3 Å². The molecular formula is C61H89ClN6O18. The molecule has 0 radical (unpaired) electrons. The van der Waals surface area contributed by atoms with Crippen LogP contribution in [-0.2, 0) is 89.3 Å². The molecule has 4 rings (SSSR count). The van der Waals surface area contributed by atoms with Crippen molar-refractivity contribution < 1.29 is 86.2 Å². The maximum absolute atomic E-state index is 14.0. The number of halogens is 1. The second-order valence-corrected chi connectivity index (χ2v) is 23.1. The summed E-state index contributed by atoms with van der Waals surface area (Å²) in [6.07, 6.45) is -0.413. The van der Waals surface area contributed by atoms with Crippen LogP contribution >= 0.6 is 11.6 Å². The van der Waals surface area contributed by atoms with E-state index in [1.165, 1.54) is 25.0 Å². The number of amides is 6. The van der Waals surface area contributed by atoms with E-state index >= 15 is 0 Å². The fourth-order valence-corrected chi connectivity index (χ4v) is 9.25. The van der Waals surface area contributed by atoms with Crippen LogP contribution in [0, 0.1) is 23.2 Å². The summed E-state index contributed by atoms with van der Waals surface area (Å²) in [7, 11) is 3.06. The Morgan fingerprint density at radius 2 is 1.44 bits per heavy atom. The fourth-order valence-electron chi connectivity index (χ4n) is 8.97. The molecule has 1 saturated heterocycles. The molecule has 86 heavy (non-hydrogen) atoms. The molecule has 0 saturated carbocycles. The van der Waals surface area contributed by atoms with Crippen molar-refractivity contribution in [3.63, 3.8) is 0 Å². The van der Waals surface area contributed by atoms with Gasteiger partial charge in [0.2, 0.25) is 35.4 Å².